The predicted octanol–water partition coefficient (Wildman–Crippen LogP) is 6.49. The molecule has 0 aromatic rings. The fraction of sp³-hybridized carbons (Fsp3) is 1.00. The second-order valence-electron chi connectivity index (χ2n) is 7.08. The molecule has 0 aromatic carbocycles. The summed E-state index contributed by atoms with van der Waals surface area (Å²) >= 11 is 0. The monoisotopic (exact) mass is 272 g/mol. The normalized spacial score (nSPS) is 18.2. The number of hydrogen-bond acceptors (Lipinski definition) is 0. The van der Waals surface area contributed by atoms with Crippen LogP contribution >= 0.6 is 8.58 Å². The van der Waals surface area contributed by atoms with Crippen molar-refractivity contribution in [2.24, 2.45) is 11.3 Å². The fourth-order valence-corrected chi connectivity index (χ4v) is 4.85. The lowest BCUT2D eigenvalue weighted by atomic mass is 9.74. The van der Waals surface area contributed by atoms with Gasteiger partial charge in [-0.3, -0.25) is 0 Å². The third kappa shape index (κ3) is 6.55. The fourth-order valence-electron chi connectivity index (χ4n) is 3.02. The molecular weight excluding hydrogens is 235 g/mol. The van der Waals surface area contributed by atoms with E-state index < -0.39 is 0 Å². The van der Waals surface area contributed by atoms with Crippen molar-refractivity contribution in [2.45, 2.75) is 92.1 Å². The van der Waals surface area contributed by atoms with Crippen molar-refractivity contribution in [3.05, 3.63) is 0 Å². The first-order chi connectivity index (χ1) is 8.31. The van der Waals surface area contributed by atoms with Crippen molar-refractivity contribution < 1.29 is 0 Å². The van der Waals surface area contributed by atoms with Crippen molar-refractivity contribution in [2.75, 3.05) is 6.16 Å². The van der Waals surface area contributed by atoms with E-state index in [4.69, 9.17) is 0 Å². The van der Waals surface area contributed by atoms with Gasteiger partial charge >= 0.3 is 0 Å². The molecule has 0 radical (unpaired) electrons. The summed E-state index contributed by atoms with van der Waals surface area (Å²) in [6.45, 7) is 16.9. The zero-order valence-electron chi connectivity index (χ0n) is 14.0. The summed E-state index contributed by atoms with van der Waals surface area (Å²) in [5.74, 6) is 0.882. The summed E-state index contributed by atoms with van der Waals surface area (Å²) in [6, 6.07) is 0. The van der Waals surface area contributed by atoms with Gasteiger partial charge in [-0.15, -0.1) is 8.58 Å². The summed E-state index contributed by atoms with van der Waals surface area (Å²) in [6.07, 6.45) is 9.63. The van der Waals surface area contributed by atoms with Crippen molar-refractivity contribution in [1.82, 2.24) is 0 Å². The van der Waals surface area contributed by atoms with Gasteiger partial charge in [-0.1, -0.05) is 74.1 Å². The van der Waals surface area contributed by atoms with Gasteiger partial charge in [0.25, 0.3) is 0 Å². The Bertz CT molecular complexity index is 210. The minimum Gasteiger partial charge on any atom is -0.116 e. The molecule has 0 bridgehead atoms. The maximum absolute atomic E-state index is 2.55. The zero-order chi connectivity index (χ0) is 14.2. The maximum Gasteiger partial charge on any atom is -0.0178 e. The highest BCUT2D eigenvalue weighted by Gasteiger charge is 2.31. The number of hydrogen-bond donors (Lipinski definition) is 0. The molecular formula is C17H37P. The predicted molar refractivity (Wildman–Crippen MR) is 89.3 cm³/mol. The molecule has 0 rings (SSSR count). The van der Waals surface area contributed by atoms with Gasteiger partial charge in [0.15, 0.2) is 0 Å². The van der Waals surface area contributed by atoms with Crippen LogP contribution in [0.1, 0.15) is 87.0 Å². The second kappa shape index (κ2) is 8.57. The molecule has 0 aliphatic rings. The first-order valence-electron chi connectivity index (χ1n) is 8.06. The highest BCUT2D eigenvalue weighted by atomic mass is 31.1. The molecule has 110 valence electrons. The SMILES string of the molecule is CCCC(C)C(C)(CCC)CPC(C)(C)CCC. The van der Waals surface area contributed by atoms with Gasteiger partial charge < -0.3 is 0 Å². The van der Waals surface area contributed by atoms with Gasteiger partial charge in [0.05, 0.1) is 0 Å². The van der Waals surface area contributed by atoms with Crippen LogP contribution in [0, 0.1) is 11.3 Å². The van der Waals surface area contributed by atoms with E-state index in [1.165, 1.54) is 44.7 Å². The van der Waals surface area contributed by atoms with Gasteiger partial charge in [0, 0.05) is 0 Å². The van der Waals surface area contributed by atoms with Gasteiger partial charge in [0.2, 0.25) is 0 Å². The molecule has 0 aliphatic carbocycles. The van der Waals surface area contributed by atoms with E-state index in [1.54, 1.807) is 0 Å². The Balaban J connectivity index is 4.51. The lowest BCUT2D eigenvalue weighted by Gasteiger charge is -2.39. The van der Waals surface area contributed by atoms with Crippen LogP contribution in [0.3, 0.4) is 0 Å². The Morgan fingerprint density at radius 2 is 1.44 bits per heavy atom. The van der Waals surface area contributed by atoms with E-state index in [0.29, 0.717) is 10.6 Å². The third-order valence-electron chi connectivity index (χ3n) is 4.58. The van der Waals surface area contributed by atoms with E-state index in [-0.39, 0.29) is 0 Å². The molecule has 0 heterocycles. The Morgan fingerprint density at radius 3 is 1.89 bits per heavy atom. The molecule has 0 saturated heterocycles. The van der Waals surface area contributed by atoms with Crippen LogP contribution in [0.15, 0.2) is 0 Å². The van der Waals surface area contributed by atoms with Crippen LogP contribution in [0.25, 0.3) is 0 Å². The standard InChI is InChI=1S/C17H37P/c1-8-11-15(4)17(7,13-10-3)14-18-16(5,6)12-9-2/h15,18H,8-14H2,1-7H3. The van der Waals surface area contributed by atoms with E-state index in [2.05, 4.69) is 48.5 Å². The molecule has 0 aromatic heterocycles. The van der Waals surface area contributed by atoms with Crippen LogP contribution in [-0.2, 0) is 0 Å². The van der Waals surface area contributed by atoms with Crippen molar-refractivity contribution in [1.29, 1.82) is 0 Å². The highest BCUT2D eigenvalue weighted by molar-refractivity contribution is 7.40. The topological polar surface area (TPSA) is 0 Å². The van der Waals surface area contributed by atoms with Crippen LogP contribution in [0.4, 0.5) is 0 Å². The van der Waals surface area contributed by atoms with Crippen LogP contribution in [0.5, 0.6) is 0 Å². The first kappa shape index (κ1) is 18.4. The van der Waals surface area contributed by atoms with Crippen LogP contribution in [0.2, 0.25) is 0 Å². The van der Waals surface area contributed by atoms with E-state index >= 15 is 0 Å². The van der Waals surface area contributed by atoms with Gasteiger partial charge in [-0.05, 0) is 35.5 Å². The summed E-state index contributed by atoms with van der Waals surface area (Å²) in [7, 11) is 1.12. The minimum atomic E-state index is 0.565. The van der Waals surface area contributed by atoms with Crippen LogP contribution < -0.4 is 0 Å². The van der Waals surface area contributed by atoms with Gasteiger partial charge in [0.1, 0.15) is 0 Å². The molecule has 1 heteroatoms. The zero-order valence-corrected chi connectivity index (χ0v) is 15.0. The largest absolute Gasteiger partial charge is 0.116 e. The molecule has 0 fully saturated rings. The first-order valence-corrected chi connectivity index (χ1v) is 9.27. The summed E-state index contributed by atoms with van der Waals surface area (Å²) in [4.78, 5) is 0. The molecule has 18 heavy (non-hydrogen) atoms. The van der Waals surface area contributed by atoms with E-state index in [0.717, 1.165) is 14.5 Å². The van der Waals surface area contributed by atoms with Crippen molar-refractivity contribution >= 4 is 8.58 Å². The molecule has 0 N–H and O–H groups in total. The molecule has 0 spiro atoms. The lowest BCUT2D eigenvalue weighted by Crippen LogP contribution is -2.30. The van der Waals surface area contributed by atoms with E-state index in [9.17, 15) is 0 Å². The Morgan fingerprint density at radius 1 is 0.889 bits per heavy atom. The molecule has 0 saturated carbocycles. The maximum atomic E-state index is 2.55. The molecule has 3 atom stereocenters. The Labute approximate surface area is 118 Å². The molecule has 0 amide bonds. The highest BCUT2D eigenvalue weighted by Crippen LogP contribution is 2.45. The van der Waals surface area contributed by atoms with Crippen molar-refractivity contribution in [3.63, 3.8) is 0 Å². The van der Waals surface area contributed by atoms with Gasteiger partial charge in [-0.2, -0.15) is 0 Å². The summed E-state index contributed by atoms with van der Waals surface area (Å²) in [5, 5.41) is 0.565. The Hall–Kier alpha value is 0.430. The van der Waals surface area contributed by atoms with Crippen LogP contribution in [-0.4, -0.2) is 11.3 Å². The molecule has 3 unspecified atom stereocenters. The smallest absolute Gasteiger partial charge is 0.0178 e. The summed E-state index contributed by atoms with van der Waals surface area (Å²) in [5.41, 5.74) is 0.578. The van der Waals surface area contributed by atoms with E-state index in [1.807, 2.05) is 0 Å². The quantitative estimate of drug-likeness (QED) is 0.399. The second-order valence-corrected chi connectivity index (χ2v) is 9.14. The van der Waals surface area contributed by atoms with Gasteiger partial charge in [-0.25, -0.2) is 0 Å². The number of rotatable bonds is 10. The minimum absolute atomic E-state index is 0.565. The van der Waals surface area contributed by atoms with Crippen molar-refractivity contribution in [3.8, 4) is 0 Å². The lowest BCUT2D eigenvalue weighted by molar-refractivity contribution is 0.202. The molecule has 0 nitrogen and oxygen atoms in total. The molecule has 0 aliphatic heterocycles. The summed E-state index contributed by atoms with van der Waals surface area (Å²) < 4.78 is 0. The third-order valence-corrected chi connectivity index (χ3v) is 6.77. The Kier molecular flexibility index (Phi) is 8.78. The average molecular weight is 272 g/mol. The average Bonchev–Trinajstić information content (AvgIpc) is 2.27.